The van der Waals surface area contributed by atoms with Crippen molar-refractivity contribution in [2.75, 3.05) is 47.8 Å². The predicted octanol–water partition coefficient (Wildman–Crippen LogP) is 4.04. The topological polar surface area (TPSA) is 155 Å². The number of nitrogens with zero attached hydrogens (tertiary/aromatic N) is 7. The van der Waals surface area contributed by atoms with E-state index < -0.39 is 12.1 Å². The standard InChI is InChI=1S/C36H40N8O6/c1-22(45)50-21-27-26(7-8-37-32(27)44-14-13-43-29(34(44)47)16-23-17-36(2,3)18-30(23)43)24-15-28(33(46)40(4)20-24)39-31-6-5-25(19-38-31)41-9-11-42(12-10-41)35(48)49/h5-8,15-16,19-20H,9-14,17-18,21H2,1-4H3,(H,38,39)(H,48,49). The normalized spacial score (nSPS) is 16.6. The first-order valence-electron chi connectivity index (χ1n) is 16.7. The Hall–Kier alpha value is -5.66. The fraction of sp³-hybridized carbons (Fsp3) is 0.389. The van der Waals surface area contributed by atoms with E-state index in [2.05, 4.69) is 38.6 Å². The maximum Gasteiger partial charge on any atom is 0.407 e. The third kappa shape index (κ3) is 6.16. The number of rotatable bonds is 7. The number of amides is 2. The van der Waals surface area contributed by atoms with E-state index in [1.807, 2.05) is 12.1 Å². The van der Waals surface area contributed by atoms with Crippen LogP contribution >= 0.6 is 0 Å². The van der Waals surface area contributed by atoms with Crippen LogP contribution in [-0.4, -0.2) is 79.8 Å². The number of ether oxygens (including phenoxy) is 1. The molecule has 0 saturated carbocycles. The molecule has 1 aliphatic carbocycles. The molecule has 2 aliphatic heterocycles. The van der Waals surface area contributed by atoms with Crippen molar-refractivity contribution < 1.29 is 24.2 Å². The molecule has 1 saturated heterocycles. The largest absolute Gasteiger partial charge is 0.465 e. The second-order valence-corrected chi connectivity index (χ2v) is 13.9. The fourth-order valence-corrected chi connectivity index (χ4v) is 7.30. The van der Waals surface area contributed by atoms with Gasteiger partial charge in [0.25, 0.3) is 11.5 Å². The summed E-state index contributed by atoms with van der Waals surface area (Å²) < 4.78 is 9.11. The van der Waals surface area contributed by atoms with Gasteiger partial charge in [-0.3, -0.25) is 19.3 Å². The molecule has 0 atom stereocenters. The minimum atomic E-state index is -0.921. The fourth-order valence-electron chi connectivity index (χ4n) is 7.30. The van der Waals surface area contributed by atoms with E-state index in [1.165, 1.54) is 27.6 Å². The van der Waals surface area contributed by atoms with Crippen LogP contribution in [-0.2, 0) is 42.6 Å². The van der Waals surface area contributed by atoms with Gasteiger partial charge in [-0.2, -0.15) is 0 Å². The molecule has 0 unspecified atom stereocenters. The molecule has 3 aliphatic rings. The van der Waals surface area contributed by atoms with E-state index >= 15 is 0 Å². The Balaban J connectivity index is 1.18. The van der Waals surface area contributed by atoms with Gasteiger partial charge in [0.1, 0.15) is 29.6 Å². The summed E-state index contributed by atoms with van der Waals surface area (Å²) in [7, 11) is 1.65. The highest BCUT2D eigenvalue weighted by atomic mass is 16.5. The average molecular weight is 681 g/mol. The summed E-state index contributed by atoms with van der Waals surface area (Å²) in [6.45, 7) is 8.69. The number of hydrogen-bond donors (Lipinski definition) is 2. The highest BCUT2D eigenvalue weighted by Gasteiger charge is 2.37. The van der Waals surface area contributed by atoms with Crippen molar-refractivity contribution in [1.29, 1.82) is 0 Å². The van der Waals surface area contributed by atoms with Crippen molar-refractivity contribution in [2.45, 2.75) is 46.8 Å². The van der Waals surface area contributed by atoms with E-state index in [4.69, 9.17) is 4.74 Å². The van der Waals surface area contributed by atoms with Crippen LogP contribution in [0, 0.1) is 5.41 Å². The molecule has 6 heterocycles. The molecule has 14 nitrogen and oxygen atoms in total. The van der Waals surface area contributed by atoms with Crippen molar-refractivity contribution in [2.24, 2.45) is 12.5 Å². The van der Waals surface area contributed by atoms with Crippen LogP contribution in [0.15, 0.2) is 53.7 Å². The maximum atomic E-state index is 14.0. The monoisotopic (exact) mass is 680 g/mol. The summed E-state index contributed by atoms with van der Waals surface area (Å²) >= 11 is 0. The van der Waals surface area contributed by atoms with Crippen LogP contribution in [0.25, 0.3) is 11.1 Å². The second kappa shape index (κ2) is 12.7. The second-order valence-electron chi connectivity index (χ2n) is 13.9. The van der Waals surface area contributed by atoms with Gasteiger partial charge in [-0.1, -0.05) is 13.8 Å². The van der Waals surface area contributed by atoms with Gasteiger partial charge in [0.2, 0.25) is 0 Å². The zero-order valence-electron chi connectivity index (χ0n) is 28.6. The number of carbonyl (C=O) groups is 3. The molecule has 4 aromatic heterocycles. The molecule has 0 radical (unpaired) electrons. The number of fused-ring (bicyclic) bond motifs is 3. The van der Waals surface area contributed by atoms with Gasteiger partial charge in [0.15, 0.2) is 0 Å². The van der Waals surface area contributed by atoms with Gasteiger partial charge >= 0.3 is 12.1 Å². The minimum absolute atomic E-state index is 0.112. The number of carbonyl (C=O) groups excluding carboxylic acids is 2. The Morgan fingerprint density at radius 1 is 1.00 bits per heavy atom. The van der Waals surface area contributed by atoms with Gasteiger partial charge < -0.3 is 34.1 Å². The molecule has 14 heteroatoms. The van der Waals surface area contributed by atoms with Crippen molar-refractivity contribution in [3.63, 3.8) is 0 Å². The van der Waals surface area contributed by atoms with Gasteiger partial charge in [-0.05, 0) is 59.7 Å². The van der Waals surface area contributed by atoms with Gasteiger partial charge in [0.05, 0.1) is 11.9 Å². The van der Waals surface area contributed by atoms with Crippen LogP contribution in [0.1, 0.15) is 48.1 Å². The zero-order chi connectivity index (χ0) is 35.3. The van der Waals surface area contributed by atoms with Crippen molar-refractivity contribution >= 4 is 41.0 Å². The number of nitrogens with one attached hydrogen (secondary N) is 1. The number of esters is 1. The Kier molecular flexibility index (Phi) is 8.32. The molecule has 0 spiro atoms. The molecule has 0 bridgehead atoms. The van der Waals surface area contributed by atoms with E-state index in [0.29, 0.717) is 73.3 Å². The molecular weight excluding hydrogens is 640 g/mol. The third-order valence-corrected chi connectivity index (χ3v) is 9.75. The zero-order valence-corrected chi connectivity index (χ0v) is 28.6. The first-order chi connectivity index (χ1) is 23.9. The smallest absolute Gasteiger partial charge is 0.407 e. The first kappa shape index (κ1) is 32.9. The summed E-state index contributed by atoms with van der Waals surface area (Å²) in [5, 5.41) is 12.4. The number of pyridine rings is 3. The quantitative estimate of drug-likeness (QED) is 0.274. The Bertz CT molecular complexity index is 2060. The molecule has 50 heavy (non-hydrogen) atoms. The molecule has 1 fully saturated rings. The van der Waals surface area contributed by atoms with E-state index in [9.17, 15) is 24.3 Å². The lowest BCUT2D eigenvalue weighted by Gasteiger charge is -2.34. The summed E-state index contributed by atoms with van der Waals surface area (Å²) in [6.07, 6.45) is 5.95. The number of aryl methyl sites for hydroxylation is 1. The summed E-state index contributed by atoms with van der Waals surface area (Å²) in [6, 6.07) is 9.18. The Morgan fingerprint density at radius 3 is 2.48 bits per heavy atom. The molecular formula is C36H40N8O6. The number of anilines is 4. The molecule has 7 rings (SSSR count). The van der Waals surface area contributed by atoms with Gasteiger partial charge in [0, 0.05) is 82.5 Å². The van der Waals surface area contributed by atoms with E-state index in [1.54, 1.807) is 48.7 Å². The number of carboxylic acid groups (broad SMARTS) is 1. The van der Waals surface area contributed by atoms with E-state index in [-0.39, 0.29) is 29.2 Å². The van der Waals surface area contributed by atoms with Crippen molar-refractivity contribution in [3.8, 4) is 11.1 Å². The van der Waals surface area contributed by atoms with Crippen LogP contribution in [0.2, 0.25) is 0 Å². The van der Waals surface area contributed by atoms with Crippen molar-refractivity contribution in [1.82, 2.24) is 24.0 Å². The molecule has 0 aromatic carbocycles. The van der Waals surface area contributed by atoms with Crippen LogP contribution in [0.5, 0.6) is 0 Å². The Morgan fingerprint density at radius 2 is 1.78 bits per heavy atom. The number of aromatic nitrogens is 4. The molecule has 4 aromatic rings. The lowest BCUT2D eigenvalue weighted by Crippen LogP contribution is -2.48. The van der Waals surface area contributed by atoms with Crippen LogP contribution in [0.3, 0.4) is 0 Å². The van der Waals surface area contributed by atoms with Gasteiger partial charge in [-0.15, -0.1) is 0 Å². The molecule has 2 amide bonds. The third-order valence-electron chi connectivity index (χ3n) is 9.75. The minimum Gasteiger partial charge on any atom is -0.465 e. The van der Waals surface area contributed by atoms with Crippen LogP contribution in [0.4, 0.5) is 27.8 Å². The highest BCUT2D eigenvalue weighted by molar-refractivity contribution is 6.06. The van der Waals surface area contributed by atoms with Crippen LogP contribution < -0.4 is 20.7 Å². The van der Waals surface area contributed by atoms with Gasteiger partial charge in [-0.25, -0.2) is 14.8 Å². The molecule has 260 valence electrons. The van der Waals surface area contributed by atoms with Crippen molar-refractivity contribution in [3.05, 3.63) is 81.8 Å². The number of piperazine rings is 1. The lowest BCUT2D eigenvalue weighted by molar-refractivity contribution is -0.142. The van der Waals surface area contributed by atoms with E-state index in [0.717, 1.165) is 18.5 Å². The Labute approximate surface area is 288 Å². The highest BCUT2D eigenvalue weighted by Crippen LogP contribution is 2.40. The average Bonchev–Trinajstić information content (AvgIpc) is 3.58. The lowest BCUT2D eigenvalue weighted by atomic mass is 9.90. The SMILES string of the molecule is CC(=O)OCc1c(-c2cc(Nc3ccc(N4CCN(C(=O)O)CC4)cn3)c(=O)n(C)c2)ccnc1N1CCn2c(cc3c2CC(C)(C)C3)C1=O. The number of hydrogen-bond acceptors (Lipinski definition) is 9. The molecule has 2 N–H and O–H groups in total. The maximum absolute atomic E-state index is 14.0. The first-order valence-corrected chi connectivity index (χ1v) is 16.7. The predicted molar refractivity (Wildman–Crippen MR) is 187 cm³/mol. The summed E-state index contributed by atoms with van der Waals surface area (Å²) in [4.78, 5) is 64.9. The summed E-state index contributed by atoms with van der Waals surface area (Å²) in [5.74, 6) is 0.245. The summed E-state index contributed by atoms with van der Waals surface area (Å²) in [5.41, 5.74) is 5.99.